The molecule has 0 aliphatic rings. The van der Waals surface area contributed by atoms with Gasteiger partial charge in [0.05, 0.1) is 0 Å². The molecule has 0 amide bonds. The minimum Gasteiger partial charge on any atom is -0.504 e. The predicted octanol–water partition coefficient (Wildman–Crippen LogP) is 6.50. The van der Waals surface area contributed by atoms with Crippen LogP contribution in [0.3, 0.4) is 0 Å². The van der Waals surface area contributed by atoms with Gasteiger partial charge in [0, 0.05) is 30.9 Å². The van der Waals surface area contributed by atoms with Crippen LogP contribution in [0.4, 0.5) is 5.69 Å². The van der Waals surface area contributed by atoms with Crippen molar-refractivity contribution in [2.24, 2.45) is 0 Å². The largest absolute Gasteiger partial charge is 0.504 e. The van der Waals surface area contributed by atoms with Gasteiger partial charge in [0.15, 0.2) is 23.0 Å². The summed E-state index contributed by atoms with van der Waals surface area (Å²) in [5.41, 5.74) is 4.83. The van der Waals surface area contributed by atoms with Gasteiger partial charge >= 0.3 is 0 Å². The number of benzene rings is 3. The van der Waals surface area contributed by atoms with Gasteiger partial charge in [-0.15, -0.1) is 0 Å². The second-order valence-electron chi connectivity index (χ2n) is 10.9. The lowest BCUT2D eigenvalue weighted by molar-refractivity contribution is 0.389. The zero-order valence-corrected chi connectivity index (χ0v) is 20.8. The van der Waals surface area contributed by atoms with Crippen molar-refractivity contribution in [1.82, 2.24) is 0 Å². The number of rotatable bonds is 3. The van der Waals surface area contributed by atoms with Gasteiger partial charge in [-0.3, -0.25) is 0 Å². The van der Waals surface area contributed by atoms with Crippen molar-refractivity contribution in [2.45, 2.75) is 52.4 Å². The molecule has 0 fully saturated rings. The Balaban J connectivity index is 2.29. The Kier molecular flexibility index (Phi) is 6.05. The number of phenols is 4. The van der Waals surface area contributed by atoms with Crippen LogP contribution < -0.4 is 4.90 Å². The highest BCUT2D eigenvalue weighted by Crippen LogP contribution is 2.44. The first-order valence-electron chi connectivity index (χ1n) is 11.1. The van der Waals surface area contributed by atoms with Crippen molar-refractivity contribution in [2.75, 3.05) is 19.0 Å². The van der Waals surface area contributed by atoms with E-state index in [1.165, 1.54) is 0 Å². The molecule has 0 saturated heterocycles. The highest BCUT2D eigenvalue weighted by Gasteiger charge is 2.24. The molecular weight excluding hydrogens is 414 g/mol. The summed E-state index contributed by atoms with van der Waals surface area (Å²) in [7, 11) is 3.90. The molecule has 3 rings (SSSR count). The summed E-state index contributed by atoms with van der Waals surface area (Å²) in [5.74, 6) is -0.528. The molecule has 3 aromatic carbocycles. The van der Waals surface area contributed by atoms with E-state index in [4.69, 9.17) is 0 Å². The maximum absolute atomic E-state index is 10.4. The molecule has 0 bridgehead atoms. The van der Waals surface area contributed by atoms with E-state index in [1.807, 2.05) is 90.9 Å². The predicted molar refractivity (Wildman–Crippen MR) is 136 cm³/mol. The number of hydrogen-bond acceptors (Lipinski definition) is 5. The summed E-state index contributed by atoms with van der Waals surface area (Å²) in [4.78, 5) is 1.99. The second kappa shape index (κ2) is 8.22. The van der Waals surface area contributed by atoms with Gasteiger partial charge in [-0.05, 0) is 75.5 Å². The average Bonchev–Trinajstić information content (AvgIpc) is 2.69. The maximum atomic E-state index is 10.4. The van der Waals surface area contributed by atoms with Crippen LogP contribution in [0.1, 0.15) is 52.7 Å². The Morgan fingerprint density at radius 2 is 0.848 bits per heavy atom. The van der Waals surface area contributed by atoms with Gasteiger partial charge in [-0.2, -0.15) is 0 Å². The van der Waals surface area contributed by atoms with Gasteiger partial charge in [0.25, 0.3) is 0 Å². The smallest absolute Gasteiger partial charge is 0.161 e. The summed E-state index contributed by atoms with van der Waals surface area (Å²) >= 11 is 0. The van der Waals surface area contributed by atoms with Crippen LogP contribution in [-0.2, 0) is 10.8 Å². The van der Waals surface area contributed by atoms with E-state index in [9.17, 15) is 20.4 Å². The lowest BCUT2D eigenvalue weighted by Gasteiger charge is -2.24. The van der Waals surface area contributed by atoms with E-state index in [1.54, 1.807) is 12.1 Å². The monoisotopic (exact) mass is 449 g/mol. The summed E-state index contributed by atoms with van der Waals surface area (Å²) in [6.45, 7) is 11.9. The molecule has 0 radical (unpaired) electrons. The van der Waals surface area contributed by atoms with Crippen LogP contribution in [0.2, 0.25) is 0 Å². The van der Waals surface area contributed by atoms with Crippen molar-refractivity contribution >= 4 is 5.69 Å². The van der Waals surface area contributed by atoms with E-state index in [0.29, 0.717) is 11.1 Å². The van der Waals surface area contributed by atoms with Crippen LogP contribution in [0.5, 0.6) is 23.0 Å². The number of nitrogens with zero attached hydrogens (tertiary/aromatic N) is 1. The topological polar surface area (TPSA) is 84.2 Å². The van der Waals surface area contributed by atoms with Crippen molar-refractivity contribution in [1.29, 1.82) is 0 Å². The fourth-order valence-electron chi connectivity index (χ4n) is 3.92. The third-order valence-electron chi connectivity index (χ3n) is 5.90. The highest BCUT2D eigenvalue weighted by molar-refractivity contribution is 5.81. The van der Waals surface area contributed by atoms with Crippen molar-refractivity contribution < 1.29 is 20.4 Å². The first-order valence-corrected chi connectivity index (χ1v) is 11.1. The Labute approximate surface area is 196 Å². The number of phenolic OH excluding ortho intramolecular Hbond substituents is 4. The molecule has 33 heavy (non-hydrogen) atoms. The zero-order chi connectivity index (χ0) is 24.9. The third-order valence-corrected chi connectivity index (χ3v) is 5.90. The van der Waals surface area contributed by atoms with Gasteiger partial charge < -0.3 is 25.3 Å². The highest BCUT2D eigenvalue weighted by atomic mass is 16.3. The molecule has 0 unspecified atom stereocenters. The van der Waals surface area contributed by atoms with E-state index >= 15 is 0 Å². The molecule has 0 aromatic heterocycles. The Bertz CT molecular complexity index is 1110. The zero-order valence-electron chi connectivity index (χ0n) is 20.8. The van der Waals surface area contributed by atoms with Crippen molar-refractivity contribution in [3.8, 4) is 45.3 Å². The molecular formula is C28H35NO4. The molecule has 0 aliphatic carbocycles. The molecule has 4 N–H and O–H groups in total. The van der Waals surface area contributed by atoms with Gasteiger partial charge in [-0.1, -0.05) is 41.5 Å². The fourth-order valence-corrected chi connectivity index (χ4v) is 3.92. The molecule has 5 nitrogen and oxygen atoms in total. The summed E-state index contributed by atoms with van der Waals surface area (Å²) in [6, 6.07) is 13.0. The Hall–Kier alpha value is -3.34. The van der Waals surface area contributed by atoms with Gasteiger partial charge in [0.1, 0.15) is 0 Å². The fraction of sp³-hybridized carbons (Fsp3) is 0.357. The SMILES string of the molecule is CN(C)c1cc(-c2cc(O)c(O)c(C(C)(C)C)c2)cc(-c2cc(O)c(O)c(C(C)(C)C)c2)c1. The summed E-state index contributed by atoms with van der Waals surface area (Å²) in [6.07, 6.45) is 0. The van der Waals surface area contributed by atoms with Gasteiger partial charge in [-0.25, -0.2) is 0 Å². The molecule has 3 aromatic rings. The van der Waals surface area contributed by atoms with Crippen LogP contribution >= 0.6 is 0 Å². The number of aromatic hydroxyl groups is 4. The first kappa shape index (κ1) is 24.3. The molecule has 0 spiro atoms. The average molecular weight is 450 g/mol. The quantitative estimate of drug-likeness (QED) is 0.343. The van der Waals surface area contributed by atoms with E-state index in [-0.39, 0.29) is 33.8 Å². The minimum atomic E-state index is -0.357. The third kappa shape index (κ3) is 4.87. The van der Waals surface area contributed by atoms with Crippen LogP contribution in [0.15, 0.2) is 42.5 Å². The molecule has 176 valence electrons. The molecule has 0 saturated carbocycles. The first-order chi connectivity index (χ1) is 15.1. The van der Waals surface area contributed by atoms with Gasteiger partial charge in [0.2, 0.25) is 0 Å². The Morgan fingerprint density at radius 1 is 0.515 bits per heavy atom. The van der Waals surface area contributed by atoms with E-state index in [0.717, 1.165) is 27.9 Å². The van der Waals surface area contributed by atoms with E-state index < -0.39 is 0 Å². The minimum absolute atomic E-state index is 0.103. The molecule has 0 aliphatic heterocycles. The lowest BCUT2D eigenvalue weighted by Crippen LogP contribution is -2.12. The Morgan fingerprint density at radius 3 is 1.15 bits per heavy atom. The van der Waals surface area contributed by atoms with Crippen molar-refractivity contribution in [3.05, 3.63) is 53.6 Å². The number of hydrogen-bond donors (Lipinski definition) is 4. The maximum Gasteiger partial charge on any atom is 0.161 e. The number of anilines is 1. The lowest BCUT2D eigenvalue weighted by atomic mass is 9.83. The summed E-state index contributed by atoms with van der Waals surface area (Å²) < 4.78 is 0. The van der Waals surface area contributed by atoms with E-state index in [2.05, 4.69) is 0 Å². The van der Waals surface area contributed by atoms with Crippen LogP contribution in [0, 0.1) is 0 Å². The molecule has 0 atom stereocenters. The van der Waals surface area contributed by atoms with Crippen LogP contribution in [-0.4, -0.2) is 34.5 Å². The second-order valence-corrected chi connectivity index (χ2v) is 10.9. The normalized spacial score (nSPS) is 12.1. The molecule has 0 heterocycles. The standard InChI is InChI=1S/C28H35NO4/c1-27(2,3)21-12-18(14-23(30)25(21)32)16-9-17(11-20(10-16)29(7)8)19-13-22(28(4,5)6)26(33)24(31)15-19/h9-15,30-33H,1-8H3. The summed E-state index contributed by atoms with van der Waals surface area (Å²) in [5, 5.41) is 41.8. The van der Waals surface area contributed by atoms with Crippen molar-refractivity contribution in [3.63, 3.8) is 0 Å². The van der Waals surface area contributed by atoms with Crippen LogP contribution in [0.25, 0.3) is 22.3 Å². The molecule has 5 heteroatoms.